The van der Waals surface area contributed by atoms with E-state index < -0.39 is 12.3 Å². The minimum atomic E-state index is -0.650. The number of carbonyl (C=O) groups excluding carboxylic acids is 1. The van der Waals surface area contributed by atoms with E-state index in [2.05, 4.69) is 46.3 Å². The zero-order valence-electron chi connectivity index (χ0n) is 15.2. The van der Waals surface area contributed by atoms with Crippen LogP contribution in [0.1, 0.15) is 13.8 Å². The van der Waals surface area contributed by atoms with Gasteiger partial charge in [-0.15, -0.1) is 0 Å². The van der Waals surface area contributed by atoms with Crippen molar-refractivity contribution in [2.45, 2.75) is 32.3 Å². The van der Waals surface area contributed by atoms with Gasteiger partial charge in [-0.05, 0) is 25.6 Å². The number of hydrogen-bond acceptors (Lipinski definition) is 7. The second kappa shape index (κ2) is 10.8. The Labute approximate surface area is 145 Å². The van der Waals surface area contributed by atoms with Crippen molar-refractivity contribution in [3.05, 3.63) is 36.7 Å². The number of nitrogens with one attached hydrogen (secondary N) is 5. The average Bonchev–Trinajstić information content (AvgIpc) is 2.52. The van der Waals surface area contributed by atoms with E-state index in [9.17, 15) is 4.79 Å². The van der Waals surface area contributed by atoms with Crippen molar-refractivity contribution in [2.75, 3.05) is 20.6 Å². The normalized spacial score (nSPS) is 13.5. The Hall–Kier alpha value is -1.87. The molecule has 0 aliphatic heterocycles. The van der Waals surface area contributed by atoms with Crippen LogP contribution in [0, 0.1) is 5.92 Å². The second-order valence-corrected chi connectivity index (χ2v) is 5.84. The van der Waals surface area contributed by atoms with E-state index in [0.717, 1.165) is 5.57 Å². The molecule has 8 heteroatoms. The number of rotatable bonds is 12. The van der Waals surface area contributed by atoms with Gasteiger partial charge in [0.15, 0.2) is 0 Å². The number of nitrogens with two attached hydrogens (primary N) is 2. The predicted molar refractivity (Wildman–Crippen MR) is 99.4 cm³/mol. The van der Waals surface area contributed by atoms with Gasteiger partial charge in [0.2, 0.25) is 5.91 Å². The molecule has 0 aliphatic carbocycles. The molecular weight excluding hydrogens is 306 g/mol. The Balaban J connectivity index is 4.57. The van der Waals surface area contributed by atoms with Crippen molar-refractivity contribution in [1.29, 1.82) is 0 Å². The molecule has 0 heterocycles. The van der Waals surface area contributed by atoms with Crippen LogP contribution in [0.25, 0.3) is 0 Å². The third-order valence-electron chi connectivity index (χ3n) is 3.57. The molecule has 0 spiro atoms. The van der Waals surface area contributed by atoms with Crippen molar-refractivity contribution in [1.82, 2.24) is 26.6 Å². The lowest BCUT2D eigenvalue weighted by Gasteiger charge is -2.27. The fraction of sp³-hybridized carbons (Fsp3) is 0.562. The molecule has 2 unspecified atom stereocenters. The summed E-state index contributed by atoms with van der Waals surface area (Å²) in [5, 5.41) is 14.7. The minimum absolute atomic E-state index is 0.0461. The van der Waals surface area contributed by atoms with Crippen LogP contribution < -0.4 is 38.1 Å². The van der Waals surface area contributed by atoms with Gasteiger partial charge in [-0.1, -0.05) is 33.6 Å². The third kappa shape index (κ3) is 7.60. The highest BCUT2D eigenvalue weighted by atomic mass is 16.2. The van der Waals surface area contributed by atoms with Gasteiger partial charge in [-0.3, -0.25) is 10.1 Å². The molecule has 0 bridgehead atoms. The van der Waals surface area contributed by atoms with Crippen LogP contribution in [0.5, 0.6) is 0 Å². The van der Waals surface area contributed by atoms with Crippen LogP contribution in [0.4, 0.5) is 0 Å². The summed E-state index contributed by atoms with van der Waals surface area (Å²) in [7, 11) is 3.57. The molecule has 9 N–H and O–H groups in total. The molecule has 0 saturated heterocycles. The van der Waals surface area contributed by atoms with Gasteiger partial charge in [-0.2, -0.15) is 0 Å². The first-order chi connectivity index (χ1) is 11.1. The molecule has 0 saturated carbocycles. The van der Waals surface area contributed by atoms with E-state index in [1.807, 2.05) is 13.8 Å². The maximum absolute atomic E-state index is 12.1. The topological polar surface area (TPSA) is 129 Å². The SMILES string of the molecule is C=C(C(C)C)C(N)NC(NC(=O)CNC(=C)C(NC)NC)C(=C)N. The van der Waals surface area contributed by atoms with Gasteiger partial charge >= 0.3 is 0 Å². The molecule has 8 nitrogen and oxygen atoms in total. The lowest BCUT2D eigenvalue weighted by Crippen LogP contribution is -2.57. The van der Waals surface area contributed by atoms with Crippen molar-refractivity contribution in [3.8, 4) is 0 Å². The Kier molecular flexibility index (Phi) is 9.98. The summed E-state index contributed by atoms with van der Waals surface area (Å²) in [6.07, 6.45) is -1.29. The Morgan fingerprint density at radius 1 is 1.08 bits per heavy atom. The molecule has 0 aromatic rings. The van der Waals surface area contributed by atoms with Crippen LogP contribution in [-0.4, -0.2) is 45.0 Å². The van der Waals surface area contributed by atoms with Gasteiger partial charge in [0.05, 0.1) is 18.9 Å². The van der Waals surface area contributed by atoms with E-state index >= 15 is 0 Å². The number of hydrogen-bond donors (Lipinski definition) is 7. The largest absolute Gasteiger partial charge is 0.400 e. The molecule has 0 rings (SSSR count). The van der Waals surface area contributed by atoms with Gasteiger partial charge < -0.3 is 32.7 Å². The molecule has 0 aromatic carbocycles. The number of amides is 1. The quantitative estimate of drug-likeness (QED) is 0.177. The molecule has 24 heavy (non-hydrogen) atoms. The summed E-state index contributed by atoms with van der Waals surface area (Å²) < 4.78 is 0. The molecule has 0 aromatic heterocycles. The molecule has 1 amide bonds. The van der Waals surface area contributed by atoms with E-state index in [0.29, 0.717) is 5.70 Å². The zero-order chi connectivity index (χ0) is 18.9. The Bertz CT molecular complexity index is 457. The first-order valence-electron chi connectivity index (χ1n) is 7.85. The predicted octanol–water partition coefficient (Wildman–Crippen LogP) is -1.14. The van der Waals surface area contributed by atoms with Crippen molar-refractivity contribution >= 4 is 5.91 Å². The van der Waals surface area contributed by atoms with Crippen LogP contribution in [0.2, 0.25) is 0 Å². The smallest absolute Gasteiger partial charge is 0.240 e. The van der Waals surface area contributed by atoms with Gasteiger partial charge in [0.1, 0.15) is 6.17 Å². The summed E-state index contributed by atoms with van der Waals surface area (Å²) in [6, 6.07) is 0. The highest BCUT2D eigenvalue weighted by Crippen LogP contribution is 2.09. The fourth-order valence-corrected chi connectivity index (χ4v) is 1.89. The van der Waals surface area contributed by atoms with Crippen LogP contribution in [0.3, 0.4) is 0 Å². The first-order valence-corrected chi connectivity index (χ1v) is 7.85. The van der Waals surface area contributed by atoms with Crippen LogP contribution in [-0.2, 0) is 4.79 Å². The summed E-state index contributed by atoms with van der Waals surface area (Å²) in [5.41, 5.74) is 13.5. The highest BCUT2D eigenvalue weighted by molar-refractivity contribution is 5.78. The van der Waals surface area contributed by atoms with Crippen LogP contribution >= 0.6 is 0 Å². The summed E-state index contributed by atoms with van der Waals surface area (Å²) in [5.74, 6) is -0.0616. The average molecular weight is 339 g/mol. The lowest BCUT2D eigenvalue weighted by atomic mass is 10.0. The fourth-order valence-electron chi connectivity index (χ4n) is 1.89. The molecule has 138 valence electrons. The monoisotopic (exact) mass is 339 g/mol. The second-order valence-electron chi connectivity index (χ2n) is 5.84. The van der Waals surface area contributed by atoms with Gasteiger partial charge in [-0.25, -0.2) is 0 Å². The maximum Gasteiger partial charge on any atom is 0.240 e. The van der Waals surface area contributed by atoms with E-state index in [1.54, 1.807) is 14.1 Å². The zero-order valence-corrected chi connectivity index (χ0v) is 15.2. The lowest BCUT2D eigenvalue weighted by molar-refractivity contribution is -0.120. The Morgan fingerprint density at radius 2 is 1.62 bits per heavy atom. The molecule has 0 radical (unpaired) electrons. The first kappa shape index (κ1) is 22.1. The van der Waals surface area contributed by atoms with Crippen molar-refractivity contribution in [2.24, 2.45) is 17.4 Å². The highest BCUT2D eigenvalue weighted by Gasteiger charge is 2.19. The molecular formula is C16H33N7O. The number of likely N-dealkylation sites (N-methyl/N-ethyl adjacent to an activating group) is 2. The van der Waals surface area contributed by atoms with Crippen molar-refractivity contribution in [3.63, 3.8) is 0 Å². The number of carbonyl (C=O) groups is 1. The molecule has 0 fully saturated rings. The van der Waals surface area contributed by atoms with E-state index in [1.165, 1.54) is 0 Å². The summed E-state index contributed by atoms with van der Waals surface area (Å²) in [4.78, 5) is 12.1. The summed E-state index contributed by atoms with van der Waals surface area (Å²) in [6.45, 7) is 15.5. The molecule has 2 atom stereocenters. The third-order valence-corrected chi connectivity index (χ3v) is 3.57. The standard InChI is InChI=1S/C16H33N7O/c1-9(2)10(3)14(18)23-15(11(4)17)22-13(24)8-21-12(5)16(19-6)20-7/h9,14-16,19-21,23H,3-5,8,17-18H2,1-2,6-7H3,(H,22,24). The minimum Gasteiger partial charge on any atom is -0.400 e. The van der Waals surface area contributed by atoms with Gasteiger partial charge in [0.25, 0.3) is 0 Å². The van der Waals surface area contributed by atoms with Gasteiger partial charge in [0, 0.05) is 11.4 Å². The Morgan fingerprint density at radius 3 is 2.04 bits per heavy atom. The summed E-state index contributed by atoms with van der Waals surface area (Å²) >= 11 is 0. The van der Waals surface area contributed by atoms with Crippen molar-refractivity contribution < 1.29 is 4.79 Å². The maximum atomic E-state index is 12.1. The van der Waals surface area contributed by atoms with E-state index in [4.69, 9.17) is 11.5 Å². The van der Waals surface area contributed by atoms with E-state index in [-0.39, 0.29) is 30.2 Å². The molecule has 0 aliphatic rings. The van der Waals surface area contributed by atoms with Crippen LogP contribution in [0.15, 0.2) is 36.7 Å².